The summed E-state index contributed by atoms with van der Waals surface area (Å²) in [5, 5.41) is 7.65. The SMILES string of the molecule is Cc1cccc(CN2CCCCC2C(=O)NCCS(N)(=O)=O)c1. The lowest BCUT2D eigenvalue weighted by Gasteiger charge is -2.34. The van der Waals surface area contributed by atoms with E-state index in [4.69, 9.17) is 5.14 Å². The number of amides is 1. The molecule has 1 saturated heterocycles. The summed E-state index contributed by atoms with van der Waals surface area (Å²) in [6.07, 6.45) is 2.89. The molecule has 0 bridgehead atoms. The van der Waals surface area contributed by atoms with Crippen LogP contribution in [0.1, 0.15) is 30.4 Å². The van der Waals surface area contributed by atoms with E-state index in [0.717, 1.165) is 32.4 Å². The number of rotatable bonds is 6. The summed E-state index contributed by atoms with van der Waals surface area (Å²) >= 11 is 0. The normalized spacial score (nSPS) is 19.5. The number of carbonyl (C=O) groups excluding carboxylic acids is 1. The lowest BCUT2D eigenvalue weighted by Crippen LogP contribution is -2.49. The molecule has 1 aromatic carbocycles. The van der Waals surface area contributed by atoms with Crippen LogP contribution in [0.5, 0.6) is 0 Å². The molecule has 1 atom stereocenters. The summed E-state index contributed by atoms with van der Waals surface area (Å²) in [5.41, 5.74) is 2.39. The Balaban J connectivity index is 1.96. The highest BCUT2D eigenvalue weighted by Gasteiger charge is 2.28. The maximum absolute atomic E-state index is 12.4. The van der Waals surface area contributed by atoms with Crippen LogP contribution in [0, 0.1) is 6.92 Å². The molecule has 1 fully saturated rings. The number of benzene rings is 1. The molecule has 1 aliphatic heterocycles. The van der Waals surface area contributed by atoms with Crippen LogP contribution in [0.25, 0.3) is 0 Å². The van der Waals surface area contributed by atoms with Crippen molar-refractivity contribution in [1.29, 1.82) is 0 Å². The second kappa shape index (κ2) is 7.90. The molecule has 1 heterocycles. The minimum atomic E-state index is -3.55. The monoisotopic (exact) mass is 339 g/mol. The van der Waals surface area contributed by atoms with E-state index in [9.17, 15) is 13.2 Å². The number of sulfonamides is 1. The van der Waals surface area contributed by atoms with Crippen LogP contribution in [-0.2, 0) is 21.4 Å². The average Bonchev–Trinajstić information content (AvgIpc) is 2.46. The van der Waals surface area contributed by atoms with Crippen molar-refractivity contribution in [3.8, 4) is 0 Å². The number of hydrogen-bond donors (Lipinski definition) is 2. The molecule has 128 valence electrons. The summed E-state index contributed by atoms with van der Waals surface area (Å²) in [6.45, 7) is 3.72. The number of likely N-dealkylation sites (tertiary alicyclic amines) is 1. The predicted molar refractivity (Wildman–Crippen MR) is 90.2 cm³/mol. The zero-order valence-corrected chi connectivity index (χ0v) is 14.3. The Labute approximate surface area is 138 Å². The number of carbonyl (C=O) groups is 1. The smallest absolute Gasteiger partial charge is 0.237 e. The van der Waals surface area contributed by atoms with Crippen LogP contribution in [0.15, 0.2) is 24.3 Å². The van der Waals surface area contributed by atoms with Crippen LogP contribution in [0.4, 0.5) is 0 Å². The first-order valence-corrected chi connectivity index (χ1v) is 9.64. The molecule has 0 saturated carbocycles. The van der Waals surface area contributed by atoms with E-state index in [2.05, 4.69) is 35.3 Å². The van der Waals surface area contributed by atoms with Gasteiger partial charge in [-0.25, -0.2) is 13.6 Å². The van der Waals surface area contributed by atoms with Gasteiger partial charge in [0.25, 0.3) is 0 Å². The zero-order chi connectivity index (χ0) is 16.9. The lowest BCUT2D eigenvalue weighted by molar-refractivity contribution is -0.127. The Bertz CT molecular complexity index is 646. The molecule has 1 unspecified atom stereocenters. The van der Waals surface area contributed by atoms with Crippen molar-refractivity contribution in [2.75, 3.05) is 18.8 Å². The van der Waals surface area contributed by atoms with Gasteiger partial charge in [0.15, 0.2) is 0 Å². The van der Waals surface area contributed by atoms with Gasteiger partial charge in [-0.15, -0.1) is 0 Å². The molecule has 1 amide bonds. The molecule has 6 nitrogen and oxygen atoms in total. The summed E-state index contributed by atoms with van der Waals surface area (Å²) in [4.78, 5) is 14.5. The number of nitrogens with two attached hydrogens (primary N) is 1. The molecule has 1 aliphatic rings. The second-order valence-electron chi connectivity index (χ2n) is 6.13. The van der Waals surface area contributed by atoms with Gasteiger partial charge < -0.3 is 5.32 Å². The van der Waals surface area contributed by atoms with Crippen LogP contribution in [-0.4, -0.2) is 44.1 Å². The van der Waals surface area contributed by atoms with Gasteiger partial charge in [-0.3, -0.25) is 9.69 Å². The molecule has 2 rings (SSSR count). The molecular weight excluding hydrogens is 314 g/mol. The van der Waals surface area contributed by atoms with Crippen molar-refractivity contribution >= 4 is 15.9 Å². The van der Waals surface area contributed by atoms with Gasteiger partial charge in [0.2, 0.25) is 15.9 Å². The van der Waals surface area contributed by atoms with E-state index in [1.165, 1.54) is 11.1 Å². The van der Waals surface area contributed by atoms with Crippen molar-refractivity contribution < 1.29 is 13.2 Å². The standard InChI is InChI=1S/C16H25N3O3S/c1-13-5-4-6-14(11-13)12-19-9-3-2-7-15(19)16(20)18-8-10-23(17,21)22/h4-6,11,15H,2-3,7-10,12H2,1H3,(H,18,20)(H2,17,21,22). The third kappa shape index (κ3) is 5.93. The summed E-state index contributed by atoms with van der Waals surface area (Å²) in [7, 11) is -3.55. The van der Waals surface area contributed by atoms with Gasteiger partial charge in [0.05, 0.1) is 11.8 Å². The fourth-order valence-corrected chi connectivity index (χ4v) is 3.34. The molecule has 0 spiro atoms. The van der Waals surface area contributed by atoms with E-state index in [1.807, 2.05) is 6.07 Å². The van der Waals surface area contributed by atoms with Gasteiger partial charge in [0.1, 0.15) is 0 Å². The Morgan fingerprint density at radius 2 is 2.17 bits per heavy atom. The molecule has 0 radical (unpaired) electrons. The van der Waals surface area contributed by atoms with Crippen molar-refractivity contribution in [3.63, 3.8) is 0 Å². The van der Waals surface area contributed by atoms with Crippen molar-refractivity contribution in [1.82, 2.24) is 10.2 Å². The first-order chi connectivity index (χ1) is 10.8. The molecular formula is C16H25N3O3S. The molecule has 0 aliphatic carbocycles. The van der Waals surface area contributed by atoms with Gasteiger partial charge in [-0.05, 0) is 31.9 Å². The van der Waals surface area contributed by atoms with Crippen LogP contribution >= 0.6 is 0 Å². The predicted octanol–water partition coefficient (Wildman–Crippen LogP) is 0.754. The molecule has 3 N–H and O–H groups in total. The Kier molecular flexibility index (Phi) is 6.15. The summed E-state index contributed by atoms with van der Waals surface area (Å²) in [5.74, 6) is -0.343. The third-order valence-corrected chi connectivity index (χ3v) is 4.84. The van der Waals surface area contributed by atoms with Crippen LogP contribution in [0.3, 0.4) is 0 Å². The van der Waals surface area contributed by atoms with Crippen molar-refractivity contribution in [3.05, 3.63) is 35.4 Å². The summed E-state index contributed by atoms with van der Waals surface area (Å²) in [6, 6.07) is 8.07. The Morgan fingerprint density at radius 1 is 1.39 bits per heavy atom. The number of nitrogens with one attached hydrogen (secondary N) is 1. The average molecular weight is 339 g/mol. The van der Waals surface area contributed by atoms with E-state index in [0.29, 0.717) is 0 Å². The third-order valence-electron chi connectivity index (χ3n) is 4.07. The largest absolute Gasteiger partial charge is 0.354 e. The quantitative estimate of drug-likeness (QED) is 0.800. The van der Waals surface area contributed by atoms with Crippen LogP contribution < -0.4 is 10.5 Å². The molecule has 23 heavy (non-hydrogen) atoms. The van der Waals surface area contributed by atoms with Gasteiger partial charge in [-0.2, -0.15) is 0 Å². The van der Waals surface area contributed by atoms with E-state index in [-0.39, 0.29) is 24.2 Å². The van der Waals surface area contributed by atoms with E-state index >= 15 is 0 Å². The highest BCUT2D eigenvalue weighted by Crippen LogP contribution is 2.20. The fraction of sp³-hybridized carbons (Fsp3) is 0.562. The number of primary sulfonamides is 1. The maximum atomic E-state index is 12.4. The highest BCUT2D eigenvalue weighted by molar-refractivity contribution is 7.89. The van der Waals surface area contributed by atoms with Crippen molar-refractivity contribution in [2.24, 2.45) is 5.14 Å². The summed E-state index contributed by atoms with van der Waals surface area (Å²) < 4.78 is 21.9. The zero-order valence-electron chi connectivity index (χ0n) is 13.5. The first kappa shape index (κ1) is 17.9. The number of nitrogens with zero attached hydrogens (tertiary/aromatic N) is 1. The van der Waals surface area contributed by atoms with Crippen molar-refractivity contribution in [2.45, 2.75) is 38.8 Å². The Hall–Kier alpha value is -1.44. The van der Waals surface area contributed by atoms with Crippen LogP contribution in [0.2, 0.25) is 0 Å². The lowest BCUT2D eigenvalue weighted by atomic mass is 10.00. The molecule has 7 heteroatoms. The van der Waals surface area contributed by atoms with Gasteiger partial charge >= 0.3 is 0 Å². The minimum absolute atomic E-state index is 0.0620. The number of piperidine rings is 1. The van der Waals surface area contributed by atoms with E-state index < -0.39 is 10.0 Å². The minimum Gasteiger partial charge on any atom is -0.354 e. The highest BCUT2D eigenvalue weighted by atomic mass is 32.2. The fourth-order valence-electron chi connectivity index (χ4n) is 2.96. The molecule has 0 aromatic heterocycles. The Morgan fingerprint density at radius 3 is 2.87 bits per heavy atom. The van der Waals surface area contributed by atoms with Gasteiger partial charge in [0, 0.05) is 13.1 Å². The first-order valence-electron chi connectivity index (χ1n) is 7.93. The second-order valence-corrected chi connectivity index (χ2v) is 7.86. The maximum Gasteiger partial charge on any atom is 0.237 e. The van der Waals surface area contributed by atoms with E-state index in [1.54, 1.807) is 0 Å². The number of hydrogen-bond acceptors (Lipinski definition) is 4. The molecule has 1 aromatic rings. The number of aryl methyl sites for hydroxylation is 1. The van der Waals surface area contributed by atoms with Gasteiger partial charge in [-0.1, -0.05) is 36.2 Å². The topological polar surface area (TPSA) is 92.5 Å².